The molecule has 0 spiro atoms. The Hall–Kier alpha value is -2.51. The molecule has 3 amide bonds. The van der Waals surface area contributed by atoms with Crippen LogP contribution in [0, 0.1) is 0 Å². The van der Waals surface area contributed by atoms with Gasteiger partial charge in [-0.1, -0.05) is 19.3 Å². The van der Waals surface area contributed by atoms with Crippen LogP contribution in [0.5, 0.6) is 0 Å². The average Bonchev–Trinajstić information content (AvgIpc) is 2.56. The predicted octanol–water partition coefficient (Wildman–Crippen LogP) is 1.18. The highest BCUT2D eigenvalue weighted by molar-refractivity contribution is 5.98. The number of nitrogens with zero attached hydrogens (tertiary/aromatic N) is 2. The number of urea groups is 1. The van der Waals surface area contributed by atoms with E-state index in [1.807, 2.05) is 0 Å². The molecule has 23 heavy (non-hydrogen) atoms. The van der Waals surface area contributed by atoms with Gasteiger partial charge in [-0.15, -0.1) is 0 Å². The molecule has 2 N–H and O–H groups in total. The molecule has 1 atom stereocenters. The first-order chi connectivity index (χ1) is 11.1. The number of hydrogen-bond acceptors (Lipinski definition) is 6. The third kappa shape index (κ3) is 5.32. The fourth-order valence-corrected chi connectivity index (χ4v) is 2.36. The molecule has 2 rings (SSSR count). The van der Waals surface area contributed by atoms with Gasteiger partial charge in [-0.05, 0) is 19.8 Å². The molecular formula is C15H20N4O4. The summed E-state index contributed by atoms with van der Waals surface area (Å²) in [7, 11) is 0. The van der Waals surface area contributed by atoms with Gasteiger partial charge in [-0.2, -0.15) is 0 Å². The summed E-state index contributed by atoms with van der Waals surface area (Å²) in [4.78, 5) is 42.9. The number of aromatic nitrogens is 2. The van der Waals surface area contributed by atoms with Gasteiger partial charge in [0.15, 0.2) is 11.8 Å². The maximum atomic E-state index is 11.9. The summed E-state index contributed by atoms with van der Waals surface area (Å²) >= 11 is 0. The molecule has 124 valence electrons. The van der Waals surface area contributed by atoms with E-state index < -0.39 is 24.0 Å². The van der Waals surface area contributed by atoms with Crippen LogP contribution < -0.4 is 10.6 Å². The van der Waals surface area contributed by atoms with Crippen LogP contribution in [0.4, 0.5) is 4.79 Å². The van der Waals surface area contributed by atoms with Crippen LogP contribution in [-0.4, -0.2) is 40.0 Å². The molecule has 0 aliphatic heterocycles. The Kier molecular flexibility index (Phi) is 6.02. The van der Waals surface area contributed by atoms with Crippen molar-refractivity contribution in [1.82, 2.24) is 20.6 Å². The number of nitrogens with one attached hydrogen (secondary N) is 2. The lowest BCUT2D eigenvalue weighted by molar-refractivity contribution is -0.127. The van der Waals surface area contributed by atoms with Crippen molar-refractivity contribution in [3.05, 3.63) is 24.3 Å². The SMILES string of the molecule is C[C@H](OC(=O)c1cnccn1)C(=O)NC(=O)NC1CCCCC1. The summed E-state index contributed by atoms with van der Waals surface area (Å²) in [6, 6.07) is -0.474. The smallest absolute Gasteiger partial charge is 0.359 e. The molecule has 1 aromatic heterocycles. The first kappa shape index (κ1) is 16.9. The van der Waals surface area contributed by atoms with Gasteiger partial charge in [0.1, 0.15) is 0 Å². The van der Waals surface area contributed by atoms with E-state index in [1.165, 1.54) is 31.9 Å². The van der Waals surface area contributed by atoms with Crippen LogP contribution in [0.3, 0.4) is 0 Å². The van der Waals surface area contributed by atoms with Gasteiger partial charge in [0.25, 0.3) is 5.91 Å². The van der Waals surface area contributed by atoms with E-state index >= 15 is 0 Å². The summed E-state index contributed by atoms with van der Waals surface area (Å²) in [6.45, 7) is 1.39. The predicted molar refractivity (Wildman–Crippen MR) is 80.5 cm³/mol. The minimum Gasteiger partial charge on any atom is -0.448 e. The fraction of sp³-hybridized carbons (Fsp3) is 0.533. The standard InChI is InChI=1S/C15H20N4O4/c1-10(23-14(21)12-9-16-7-8-17-12)13(20)19-15(22)18-11-5-3-2-4-6-11/h7-11H,2-6H2,1H3,(H2,18,19,20,22)/t10-/m0/s1. The van der Waals surface area contributed by atoms with Gasteiger partial charge in [-0.3, -0.25) is 15.1 Å². The van der Waals surface area contributed by atoms with Crippen LogP contribution in [0.25, 0.3) is 0 Å². The molecule has 1 aliphatic carbocycles. The van der Waals surface area contributed by atoms with E-state index in [-0.39, 0.29) is 11.7 Å². The van der Waals surface area contributed by atoms with E-state index in [2.05, 4.69) is 20.6 Å². The monoisotopic (exact) mass is 320 g/mol. The number of carbonyl (C=O) groups excluding carboxylic acids is 3. The molecule has 1 heterocycles. The van der Waals surface area contributed by atoms with Gasteiger partial charge < -0.3 is 10.1 Å². The second kappa shape index (κ2) is 8.21. The number of carbonyl (C=O) groups is 3. The first-order valence-corrected chi connectivity index (χ1v) is 7.64. The van der Waals surface area contributed by atoms with Crippen LogP contribution in [0.1, 0.15) is 49.5 Å². The lowest BCUT2D eigenvalue weighted by Crippen LogP contribution is -2.48. The quantitative estimate of drug-likeness (QED) is 0.806. The van der Waals surface area contributed by atoms with Crippen molar-refractivity contribution >= 4 is 17.9 Å². The van der Waals surface area contributed by atoms with Crippen LogP contribution in [0.15, 0.2) is 18.6 Å². The lowest BCUT2D eigenvalue weighted by atomic mass is 9.96. The Balaban J connectivity index is 1.77. The largest absolute Gasteiger partial charge is 0.448 e. The molecule has 1 aliphatic rings. The molecule has 0 bridgehead atoms. The minimum absolute atomic E-state index is 0.00110. The zero-order valence-electron chi connectivity index (χ0n) is 12.9. The molecule has 1 fully saturated rings. The van der Waals surface area contributed by atoms with E-state index in [0.717, 1.165) is 25.7 Å². The zero-order chi connectivity index (χ0) is 16.7. The topological polar surface area (TPSA) is 110 Å². The maximum Gasteiger partial charge on any atom is 0.359 e. The van der Waals surface area contributed by atoms with E-state index in [0.29, 0.717) is 0 Å². The summed E-state index contributed by atoms with van der Waals surface area (Å²) in [5.74, 6) is -1.45. The second-order valence-corrected chi connectivity index (χ2v) is 5.44. The molecule has 8 heteroatoms. The highest BCUT2D eigenvalue weighted by Crippen LogP contribution is 2.17. The summed E-state index contributed by atoms with van der Waals surface area (Å²) < 4.78 is 4.96. The van der Waals surface area contributed by atoms with Crippen molar-refractivity contribution in [1.29, 1.82) is 0 Å². The third-order valence-electron chi connectivity index (χ3n) is 3.60. The highest BCUT2D eigenvalue weighted by Gasteiger charge is 2.23. The molecule has 1 saturated carbocycles. The molecule has 1 aromatic rings. The summed E-state index contributed by atoms with van der Waals surface area (Å²) in [5, 5.41) is 4.94. The van der Waals surface area contributed by atoms with Gasteiger partial charge in [0.2, 0.25) is 0 Å². The van der Waals surface area contributed by atoms with Crippen molar-refractivity contribution in [3.8, 4) is 0 Å². The van der Waals surface area contributed by atoms with E-state index in [4.69, 9.17) is 4.74 Å². The number of ether oxygens (including phenoxy) is 1. The van der Waals surface area contributed by atoms with Gasteiger partial charge in [0.05, 0.1) is 6.20 Å². The van der Waals surface area contributed by atoms with Gasteiger partial charge in [0, 0.05) is 18.4 Å². The van der Waals surface area contributed by atoms with Crippen molar-refractivity contribution in [2.75, 3.05) is 0 Å². The molecule has 0 aromatic carbocycles. The first-order valence-electron chi connectivity index (χ1n) is 7.64. The molecule has 0 unspecified atom stereocenters. The van der Waals surface area contributed by atoms with Gasteiger partial charge >= 0.3 is 12.0 Å². The Bertz CT molecular complexity index is 558. The Labute approximate surface area is 134 Å². The number of hydrogen-bond donors (Lipinski definition) is 2. The fourth-order valence-electron chi connectivity index (χ4n) is 2.36. The lowest BCUT2D eigenvalue weighted by Gasteiger charge is -2.23. The van der Waals surface area contributed by atoms with Crippen molar-refractivity contribution in [2.45, 2.75) is 51.2 Å². The van der Waals surface area contributed by atoms with Crippen LogP contribution in [-0.2, 0) is 9.53 Å². The van der Waals surface area contributed by atoms with Crippen LogP contribution >= 0.6 is 0 Å². The number of rotatable bonds is 4. The van der Waals surface area contributed by atoms with Crippen molar-refractivity contribution in [3.63, 3.8) is 0 Å². The molecule has 8 nitrogen and oxygen atoms in total. The number of amides is 3. The Morgan fingerprint density at radius 2 is 1.96 bits per heavy atom. The summed E-state index contributed by atoms with van der Waals surface area (Å²) in [6.07, 6.45) is 8.05. The zero-order valence-corrected chi connectivity index (χ0v) is 12.9. The number of imide groups is 1. The average molecular weight is 320 g/mol. The molecular weight excluding hydrogens is 300 g/mol. The Morgan fingerprint density at radius 1 is 1.22 bits per heavy atom. The molecule has 0 radical (unpaired) electrons. The normalized spacial score (nSPS) is 16.2. The third-order valence-corrected chi connectivity index (χ3v) is 3.60. The van der Waals surface area contributed by atoms with E-state index in [1.54, 1.807) is 0 Å². The highest BCUT2D eigenvalue weighted by atomic mass is 16.5. The van der Waals surface area contributed by atoms with Crippen molar-refractivity contribution < 1.29 is 19.1 Å². The van der Waals surface area contributed by atoms with Crippen LogP contribution in [0.2, 0.25) is 0 Å². The van der Waals surface area contributed by atoms with Gasteiger partial charge in [-0.25, -0.2) is 14.6 Å². The van der Waals surface area contributed by atoms with Crippen molar-refractivity contribution in [2.24, 2.45) is 0 Å². The molecule has 0 saturated heterocycles. The number of esters is 1. The summed E-state index contributed by atoms with van der Waals surface area (Å²) in [5.41, 5.74) is -0.00110. The van der Waals surface area contributed by atoms with E-state index in [9.17, 15) is 14.4 Å². The Morgan fingerprint density at radius 3 is 2.61 bits per heavy atom. The maximum absolute atomic E-state index is 11.9. The second-order valence-electron chi connectivity index (χ2n) is 5.44. The minimum atomic E-state index is -1.11.